The topological polar surface area (TPSA) is 74.6 Å². The van der Waals surface area contributed by atoms with Gasteiger partial charge in [0.1, 0.15) is 5.78 Å². The highest BCUT2D eigenvalue weighted by atomic mass is 79.9. The lowest BCUT2D eigenvalue weighted by Crippen LogP contribution is -2.13. The molecule has 2 N–H and O–H groups in total. The first-order chi connectivity index (χ1) is 13.4. The zero-order valence-electron chi connectivity index (χ0n) is 16.0. The summed E-state index contributed by atoms with van der Waals surface area (Å²) in [4.78, 5) is 24.0. The van der Waals surface area contributed by atoms with Gasteiger partial charge in [-0.2, -0.15) is 0 Å². The summed E-state index contributed by atoms with van der Waals surface area (Å²) >= 11 is 6.77. The van der Waals surface area contributed by atoms with Crippen molar-refractivity contribution in [3.63, 3.8) is 0 Å². The van der Waals surface area contributed by atoms with Crippen molar-refractivity contribution in [3.8, 4) is 0 Å². The van der Waals surface area contributed by atoms with Gasteiger partial charge in [-0.05, 0) is 61.0 Å². The number of thiophene rings is 1. The van der Waals surface area contributed by atoms with E-state index in [0.29, 0.717) is 18.6 Å². The molecule has 0 bridgehead atoms. The maximum Gasteiger partial charge on any atom is 0.303 e. The molecule has 1 saturated carbocycles. The maximum atomic E-state index is 12.2. The van der Waals surface area contributed by atoms with Gasteiger partial charge in [-0.3, -0.25) is 9.59 Å². The molecule has 0 saturated heterocycles. The van der Waals surface area contributed by atoms with Crippen LogP contribution in [0.3, 0.4) is 0 Å². The van der Waals surface area contributed by atoms with Gasteiger partial charge in [0, 0.05) is 28.1 Å². The van der Waals surface area contributed by atoms with Crippen LogP contribution in [0, 0.1) is 12.8 Å². The Morgan fingerprint density at radius 3 is 2.86 bits per heavy atom. The van der Waals surface area contributed by atoms with Crippen molar-refractivity contribution in [1.29, 1.82) is 0 Å². The van der Waals surface area contributed by atoms with Crippen LogP contribution in [0.2, 0.25) is 0 Å². The van der Waals surface area contributed by atoms with Gasteiger partial charge < -0.3 is 10.2 Å². The third-order valence-corrected chi connectivity index (χ3v) is 8.19. The minimum Gasteiger partial charge on any atom is -0.481 e. The molecule has 1 fully saturated rings. The van der Waals surface area contributed by atoms with Crippen LogP contribution >= 0.6 is 39.0 Å². The lowest BCUT2D eigenvalue weighted by atomic mass is 9.95. The van der Waals surface area contributed by atoms with Crippen molar-refractivity contribution in [1.82, 2.24) is 0 Å². The number of carbonyl (C=O) groups excluding carboxylic acids is 1. The first-order valence-electron chi connectivity index (χ1n) is 9.51. The Morgan fingerprint density at radius 2 is 2.18 bits per heavy atom. The predicted octanol–water partition coefficient (Wildman–Crippen LogP) is 5.77. The zero-order chi connectivity index (χ0) is 20.5. The fourth-order valence-electron chi connectivity index (χ4n) is 3.20. The molecule has 1 heterocycles. The monoisotopic (exact) mass is 486 g/mol. The molecule has 2 rings (SSSR count). The molecule has 7 heteroatoms. The van der Waals surface area contributed by atoms with Crippen molar-refractivity contribution in [3.05, 3.63) is 39.2 Å². The van der Waals surface area contributed by atoms with Gasteiger partial charge in [0.2, 0.25) is 0 Å². The van der Waals surface area contributed by atoms with E-state index in [1.165, 1.54) is 10.5 Å². The fourth-order valence-corrected chi connectivity index (χ4v) is 6.02. The van der Waals surface area contributed by atoms with Crippen molar-refractivity contribution in [2.75, 3.05) is 5.75 Å². The van der Waals surface area contributed by atoms with E-state index in [-0.39, 0.29) is 24.2 Å². The number of carboxylic acids is 1. The summed E-state index contributed by atoms with van der Waals surface area (Å²) in [5.74, 6) is -0.0296. The number of aliphatic hydroxyl groups is 1. The Morgan fingerprint density at radius 1 is 1.39 bits per heavy atom. The number of carboxylic acid groups (broad SMARTS) is 1. The molecule has 0 radical (unpaired) electrons. The third kappa shape index (κ3) is 7.85. The molecule has 1 aliphatic carbocycles. The van der Waals surface area contributed by atoms with E-state index in [1.807, 2.05) is 18.2 Å². The number of Topliss-reactive ketones (excluding diaryl/α,β-unsaturated/α-hetero) is 1. The molecular weight excluding hydrogens is 460 g/mol. The average molecular weight is 487 g/mol. The summed E-state index contributed by atoms with van der Waals surface area (Å²) in [7, 11) is 0. The number of carbonyl (C=O) groups is 2. The van der Waals surface area contributed by atoms with E-state index < -0.39 is 5.97 Å². The van der Waals surface area contributed by atoms with E-state index in [2.05, 4.69) is 28.9 Å². The predicted molar refractivity (Wildman–Crippen MR) is 119 cm³/mol. The quantitative estimate of drug-likeness (QED) is 0.236. The number of aliphatic hydroxyl groups excluding tert-OH is 1. The number of halogens is 1. The summed E-state index contributed by atoms with van der Waals surface area (Å²) in [5, 5.41) is 18.9. The summed E-state index contributed by atoms with van der Waals surface area (Å²) in [6.45, 7) is 2.05. The minimum atomic E-state index is -0.769. The van der Waals surface area contributed by atoms with Crippen LogP contribution in [0.15, 0.2) is 38.5 Å². The van der Waals surface area contributed by atoms with E-state index >= 15 is 0 Å². The number of rotatable bonds is 11. The van der Waals surface area contributed by atoms with Gasteiger partial charge in [-0.25, -0.2) is 0 Å². The highest BCUT2D eigenvalue weighted by Gasteiger charge is 2.28. The zero-order valence-corrected chi connectivity index (χ0v) is 19.2. The van der Waals surface area contributed by atoms with Crippen LogP contribution in [0.25, 0.3) is 0 Å². The molecule has 154 valence electrons. The summed E-state index contributed by atoms with van der Waals surface area (Å²) < 4.78 is 2.24. The lowest BCUT2D eigenvalue weighted by Gasteiger charge is -2.14. The second-order valence-corrected chi connectivity index (χ2v) is 10.4. The van der Waals surface area contributed by atoms with E-state index in [9.17, 15) is 14.7 Å². The molecule has 0 spiro atoms. The van der Waals surface area contributed by atoms with E-state index in [4.69, 9.17) is 5.11 Å². The molecule has 0 aliphatic heterocycles. The second kappa shape index (κ2) is 12.0. The highest BCUT2D eigenvalue weighted by molar-refractivity contribution is 9.10. The lowest BCUT2D eigenvalue weighted by molar-refractivity contribution is -0.137. The normalized spacial score (nSPS) is 21.0. The number of hydrogen-bond donors (Lipinski definition) is 2. The number of unbranched alkanes of at least 4 members (excludes halogenated alkanes) is 1. The maximum absolute atomic E-state index is 12.2. The largest absolute Gasteiger partial charge is 0.481 e. The van der Waals surface area contributed by atoms with Crippen LogP contribution in [-0.4, -0.2) is 33.8 Å². The van der Waals surface area contributed by atoms with Crippen molar-refractivity contribution in [2.24, 2.45) is 5.92 Å². The molecular formula is C21H27BrO4S2. The Hall–Kier alpha value is -0.890. The highest BCUT2D eigenvalue weighted by Crippen LogP contribution is 2.35. The molecule has 0 amide bonds. The van der Waals surface area contributed by atoms with Gasteiger partial charge >= 0.3 is 5.97 Å². The average Bonchev–Trinajstić information content (AvgIpc) is 3.16. The molecule has 1 aliphatic rings. The Bertz CT molecular complexity index is 719. The number of thioether (sulfide) groups is 1. The van der Waals surface area contributed by atoms with E-state index in [0.717, 1.165) is 34.4 Å². The molecule has 0 aromatic carbocycles. The number of ketones is 1. The van der Waals surface area contributed by atoms with Gasteiger partial charge in [-0.15, -0.1) is 23.1 Å². The molecule has 28 heavy (non-hydrogen) atoms. The second-order valence-electron chi connectivity index (χ2n) is 6.99. The Kier molecular flexibility index (Phi) is 9.99. The van der Waals surface area contributed by atoms with Crippen LogP contribution in [0.4, 0.5) is 0 Å². The Labute approximate surface area is 183 Å². The SMILES string of the molecule is Cc1sc(SCC(=O)CC=C2CCC(O)[C@@H]2CC=CCCCC(=O)O)cc1Br. The van der Waals surface area contributed by atoms with Gasteiger partial charge in [0.25, 0.3) is 0 Å². The number of aliphatic carboxylic acids is 1. The van der Waals surface area contributed by atoms with Crippen LogP contribution in [-0.2, 0) is 9.59 Å². The number of hydrogen-bond acceptors (Lipinski definition) is 5. The standard InChI is InChI=1S/C21H27BrO4S2/c1-14-18(22)12-21(28-14)27-13-16(23)10-8-15-9-11-19(24)17(15)6-4-2-3-5-7-20(25)26/h2,4,8,12,17,19,24H,3,5-7,9-11,13H2,1H3,(H,25,26)/t17-,19?/m1/s1. The van der Waals surface area contributed by atoms with Crippen LogP contribution in [0.5, 0.6) is 0 Å². The van der Waals surface area contributed by atoms with Crippen LogP contribution < -0.4 is 0 Å². The smallest absolute Gasteiger partial charge is 0.303 e. The molecule has 2 atom stereocenters. The van der Waals surface area contributed by atoms with Crippen molar-refractivity contribution < 1.29 is 19.8 Å². The Balaban J connectivity index is 1.77. The molecule has 1 unspecified atom stereocenters. The summed E-state index contributed by atoms with van der Waals surface area (Å²) in [6, 6.07) is 2.06. The van der Waals surface area contributed by atoms with Crippen LogP contribution in [0.1, 0.15) is 49.8 Å². The number of allylic oxidation sites excluding steroid dienone is 3. The van der Waals surface area contributed by atoms with Gasteiger partial charge in [0.15, 0.2) is 0 Å². The van der Waals surface area contributed by atoms with E-state index in [1.54, 1.807) is 23.1 Å². The first-order valence-corrected chi connectivity index (χ1v) is 12.1. The molecule has 4 nitrogen and oxygen atoms in total. The van der Waals surface area contributed by atoms with Crippen molar-refractivity contribution in [2.45, 2.75) is 62.2 Å². The molecule has 1 aromatic rings. The summed E-state index contributed by atoms with van der Waals surface area (Å²) in [6.07, 6.45) is 9.98. The van der Waals surface area contributed by atoms with Gasteiger partial charge in [0.05, 0.1) is 16.1 Å². The minimum absolute atomic E-state index is 0.0760. The first kappa shape index (κ1) is 23.4. The van der Waals surface area contributed by atoms with Crippen molar-refractivity contribution >= 4 is 50.8 Å². The fraction of sp³-hybridized carbons (Fsp3) is 0.524. The molecule has 1 aromatic heterocycles. The third-order valence-electron chi connectivity index (χ3n) is 4.79. The van der Waals surface area contributed by atoms with Gasteiger partial charge in [-0.1, -0.05) is 23.8 Å². The number of aryl methyl sites for hydroxylation is 1. The summed E-state index contributed by atoms with van der Waals surface area (Å²) in [5.41, 5.74) is 1.18.